The number of nitrogens with one attached hydrogen (secondary N) is 2. The van der Waals surface area contributed by atoms with Gasteiger partial charge in [-0.2, -0.15) is 0 Å². The summed E-state index contributed by atoms with van der Waals surface area (Å²) in [6.07, 6.45) is 0.0604. The molecule has 0 aliphatic heterocycles. The summed E-state index contributed by atoms with van der Waals surface area (Å²) < 4.78 is 26.3. The van der Waals surface area contributed by atoms with Crippen molar-refractivity contribution >= 4 is 33.2 Å². The van der Waals surface area contributed by atoms with E-state index in [1.54, 1.807) is 0 Å². The summed E-state index contributed by atoms with van der Waals surface area (Å²) in [5, 5.41) is 3.03. The van der Waals surface area contributed by atoms with Crippen LogP contribution < -0.4 is 15.8 Å². The Kier molecular flexibility index (Phi) is 5.79. The summed E-state index contributed by atoms with van der Waals surface area (Å²) in [5.41, 5.74) is 5.69. The van der Waals surface area contributed by atoms with Crippen LogP contribution in [0, 0.1) is 0 Å². The zero-order valence-corrected chi connectivity index (χ0v) is 12.9. The molecule has 0 aliphatic carbocycles. The van der Waals surface area contributed by atoms with Gasteiger partial charge in [0.25, 0.3) is 0 Å². The third kappa shape index (κ3) is 4.99. The number of rotatable bonds is 6. The fourth-order valence-corrected chi connectivity index (χ4v) is 2.86. The van der Waals surface area contributed by atoms with Gasteiger partial charge >= 0.3 is 0 Å². The van der Waals surface area contributed by atoms with Crippen LogP contribution >= 0.6 is 11.6 Å². The summed E-state index contributed by atoms with van der Waals surface area (Å²) in [6.45, 7) is 3.66. The molecule has 0 radical (unpaired) electrons. The zero-order valence-electron chi connectivity index (χ0n) is 11.3. The van der Waals surface area contributed by atoms with E-state index < -0.39 is 10.0 Å². The first kappa shape index (κ1) is 16.7. The monoisotopic (exact) mass is 319 g/mol. The predicted molar refractivity (Wildman–Crippen MR) is 78.9 cm³/mol. The molecule has 1 aromatic carbocycles. The van der Waals surface area contributed by atoms with E-state index in [0.717, 1.165) is 0 Å². The molecule has 0 fully saturated rings. The zero-order chi connectivity index (χ0) is 15.3. The van der Waals surface area contributed by atoms with Gasteiger partial charge in [0, 0.05) is 24.0 Å². The molecule has 0 bridgehead atoms. The highest BCUT2D eigenvalue weighted by Gasteiger charge is 2.17. The third-order valence-electron chi connectivity index (χ3n) is 2.36. The van der Waals surface area contributed by atoms with Crippen molar-refractivity contribution in [2.75, 3.05) is 12.3 Å². The second-order valence-corrected chi connectivity index (χ2v) is 6.72. The fourth-order valence-electron chi connectivity index (χ4n) is 1.53. The molecule has 0 aliphatic rings. The van der Waals surface area contributed by atoms with E-state index in [4.69, 9.17) is 17.3 Å². The van der Waals surface area contributed by atoms with Gasteiger partial charge in [-0.1, -0.05) is 11.6 Å². The predicted octanol–water partition coefficient (Wildman–Crippen LogP) is 1.12. The van der Waals surface area contributed by atoms with E-state index in [-0.39, 0.29) is 35.5 Å². The Morgan fingerprint density at radius 1 is 1.40 bits per heavy atom. The van der Waals surface area contributed by atoms with Crippen molar-refractivity contribution in [1.29, 1.82) is 0 Å². The molecular formula is C12H18ClN3O3S. The molecule has 1 amide bonds. The average molecular weight is 320 g/mol. The van der Waals surface area contributed by atoms with E-state index in [0.29, 0.717) is 5.02 Å². The Hall–Kier alpha value is -1.31. The van der Waals surface area contributed by atoms with Crippen LogP contribution in [-0.2, 0) is 14.8 Å². The van der Waals surface area contributed by atoms with Crippen molar-refractivity contribution in [2.24, 2.45) is 0 Å². The van der Waals surface area contributed by atoms with Crippen LogP contribution in [0.25, 0.3) is 0 Å². The maximum absolute atomic E-state index is 12.0. The quantitative estimate of drug-likeness (QED) is 0.684. The van der Waals surface area contributed by atoms with E-state index in [1.165, 1.54) is 18.2 Å². The fraction of sp³-hybridized carbons (Fsp3) is 0.417. The highest BCUT2D eigenvalue weighted by atomic mass is 35.5. The van der Waals surface area contributed by atoms with Gasteiger partial charge in [0.1, 0.15) is 4.90 Å². The summed E-state index contributed by atoms with van der Waals surface area (Å²) in [5.74, 6) is -0.216. The molecule has 20 heavy (non-hydrogen) atoms. The molecule has 6 nitrogen and oxygen atoms in total. The lowest BCUT2D eigenvalue weighted by Gasteiger charge is -2.10. The van der Waals surface area contributed by atoms with Gasteiger partial charge in [0.05, 0.1) is 5.69 Å². The molecule has 0 spiro atoms. The molecule has 4 N–H and O–H groups in total. The second-order valence-electron chi connectivity index (χ2n) is 4.55. The Bertz CT molecular complexity index is 588. The van der Waals surface area contributed by atoms with Gasteiger partial charge < -0.3 is 11.1 Å². The average Bonchev–Trinajstić information content (AvgIpc) is 2.26. The van der Waals surface area contributed by atoms with E-state index >= 15 is 0 Å². The first-order valence-electron chi connectivity index (χ1n) is 6.06. The molecule has 0 saturated heterocycles. The van der Waals surface area contributed by atoms with Crippen LogP contribution in [0.5, 0.6) is 0 Å². The molecule has 0 saturated carbocycles. The Morgan fingerprint density at radius 3 is 2.60 bits per heavy atom. The number of carbonyl (C=O) groups excluding carboxylic acids is 1. The van der Waals surface area contributed by atoms with Crippen LogP contribution in [0.15, 0.2) is 23.1 Å². The topological polar surface area (TPSA) is 101 Å². The molecule has 8 heteroatoms. The summed E-state index contributed by atoms with van der Waals surface area (Å²) in [7, 11) is -3.75. The minimum Gasteiger partial charge on any atom is -0.398 e. The number of carbonyl (C=O) groups is 1. The molecular weight excluding hydrogens is 302 g/mol. The van der Waals surface area contributed by atoms with Gasteiger partial charge in [0.2, 0.25) is 15.9 Å². The number of halogens is 1. The smallest absolute Gasteiger partial charge is 0.242 e. The molecule has 0 atom stereocenters. The number of nitrogen functional groups attached to an aromatic ring is 1. The van der Waals surface area contributed by atoms with E-state index in [1.807, 2.05) is 13.8 Å². The van der Waals surface area contributed by atoms with Crippen LogP contribution in [0.2, 0.25) is 5.02 Å². The van der Waals surface area contributed by atoms with Crippen molar-refractivity contribution in [3.63, 3.8) is 0 Å². The lowest BCUT2D eigenvalue weighted by atomic mass is 10.3. The third-order valence-corrected chi connectivity index (χ3v) is 4.13. The lowest BCUT2D eigenvalue weighted by Crippen LogP contribution is -2.34. The number of amides is 1. The Labute approximate surface area is 123 Å². The van der Waals surface area contributed by atoms with Crippen molar-refractivity contribution in [2.45, 2.75) is 31.2 Å². The molecule has 0 unspecified atom stereocenters. The van der Waals surface area contributed by atoms with Crippen LogP contribution in [0.4, 0.5) is 5.69 Å². The minimum atomic E-state index is -3.75. The van der Waals surface area contributed by atoms with Gasteiger partial charge in [0.15, 0.2) is 0 Å². The largest absolute Gasteiger partial charge is 0.398 e. The van der Waals surface area contributed by atoms with Crippen molar-refractivity contribution in [1.82, 2.24) is 10.0 Å². The van der Waals surface area contributed by atoms with Crippen molar-refractivity contribution in [3.8, 4) is 0 Å². The molecule has 1 rings (SSSR count). The number of hydrogen-bond donors (Lipinski definition) is 3. The Morgan fingerprint density at radius 2 is 2.05 bits per heavy atom. The molecule has 0 aromatic heterocycles. The van der Waals surface area contributed by atoms with Gasteiger partial charge in [-0.05, 0) is 32.0 Å². The van der Waals surface area contributed by atoms with Crippen LogP contribution in [0.3, 0.4) is 0 Å². The minimum absolute atomic E-state index is 0.00293. The first-order valence-corrected chi connectivity index (χ1v) is 7.92. The van der Waals surface area contributed by atoms with E-state index in [2.05, 4.69) is 10.0 Å². The number of nitrogens with two attached hydrogens (primary N) is 1. The Balaban J connectivity index is 2.64. The lowest BCUT2D eigenvalue weighted by molar-refractivity contribution is -0.121. The summed E-state index contributed by atoms with van der Waals surface area (Å²) in [4.78, 5) is 11.3. The van der Waals surface area contributed by atoms with Crippen LogP contribution in [0.1, 0.15) is 20.3 Å². The van der Waals surface area contributed by atoms with Gasteiger partial charge in [-0.3, -0.25) is 4.79 Å². The maximum Gasteiger partial charge on any atom is 0.242 e. The van der Waals surface area contributed by atoms with Crippen molar-refractivity contribution < 1.29 is 13.2 Å². The number of benzene rings is 1. The normalized spacial score (nSPS) is 11.6. The second kappa shape index (κ2) is 6.92. The number of anilines is 1. The number of sulfonamides is 1. The summed E-state index contributed by atoms with van der Waals surface area (Å²) in [6, 6.07) is 4.15. The maximum atomic E-state index is 12.0. The van der Waals surface area contributed by atoms with Gasteiger partial charge in [-0.15, -0.1) is 0 Å². The van der Waals surface area contributed by atoms with Gasteiger partial charge in [-0.25, -0.2) is 13.1 Å². The highest BCUT2D eigenvalue weighted by Crippen LogP contribution is 2.22. The highest BCUT2D eigenvalue weighted by molar-refractivity contribution is 7.89. The van der Waals surface area contributed by atoms with Crippen LogP contribution in [-0.4, -0.2) is 26.9 Å². The standard InChI is InChI=1S/C12H18ClN3O3S/c1-8(2)16-12(17)5-6-15-20(18,19)11-4-3-9(13)7-10(11)14/h3-4,7-8,15H,5-6,14H2,1-2H3,(H,16,17). The van der Waals surface area contributed by atoms with Crippen molar-refractivity contribution in [3.05, 3.63) is 23.2 Å². The SMILES string of the molecule is CC(C)NC(=O)CCNS(=O)(=O)c1ccc(Cl)cc1N. The van der Waals surface area contributed by atoms with E-state index in [9.17, 15) is 13.2 Å². The molecule has 0 heterocycles. The first-order chi connectivity index (χ1) is 9.22. The molecule has 112 valence electrons. The number of hydrogen-bond acceptors (Lipinski definition) is 4. The molecule has 1 aromatic rings. The summed E-state index contributed by atoms with van der Waals surface area (Å²) >= 11 is 5.71.